The summed E-state index contributed by atoms with van der Waals surface area (Å²) in [7, 11) is 0. The number of aromatic nitrogens is 3. The van der Waals surface area contributed by atoms with Gasteiger partial charge in [-0.05, 0) is 61.2 Å². The summed E-state index contributed by atoms with van der Waals surface area (Å²) in [4.78, 5) is 29.6. The molecule has 0 aliphatic heterocycles. The first-order chi connectivity index (χ1) is 16.5. The van der Waals surface area contributed by atoms with E-state index in [2.05, 4.69) is 25.8 Å². The molecule has 0 unspecified atom stereocenters. The van der Waals surface area contributed by atoms with Crippen molar-refractivity contribution in [3.8, 4) is 11.1 Å². The fourth-order valence-corrected chi connectivity index (χ4v) is 4.03. The van der Waals surface area contributed by atoms with E-state index in [9.17, 15) is 9.59 Å². The van der Waals surface area contributed by atoms with Gasteiger partial charge in [0, 0.05) is 11.4 Å². The van der Waals surface area contributed by atoms with Crippen molar-refractivity contribution in [2.45, 2.75) is 25.2 Å². The minimum absolute atomic E-state index is 0.264. The molecule has 1 fully saturated rings. The molecular weight excluding hydrogens is 432 g/mol. The standard InChI is InChI=1S/C25H24N6O3/c1-2-34-23(32)25(12-13-25)19-14-18(20-21(26)30-31-22(20)29-19)15-8-10-17(11-9-15)28-24(33)27-16-6-4-3-5-7-16/h3-11,14H,2,12-13H2,1H3,(H2,27,28,33)(H3,26,29,30,31). The van der Waals surface area contributed by atoms with Crippen LogP contribution in [0.5, 0.6) is 0 Å². The van der Waals surface area contributed by atoms with Gasteiger partial charge in [0.15, 0.2) is 5.65 Å². The van der Waals surface area contributed by atoms with E-state index in [0.717, 1.165) is 11.1 Å². The summed E-state index contributed by atoms with van der Waals surface area (Å²) in [5.74, 6) is 0.134. The number of carbonyl (C=O) groups is 2. The molecule has 9 heteroatoms. The normalized spacial score (nSPS) is 13.9. The van der Waals surface area contributed by atoms with Crippen molar-refractivity contribution >= 4 is 40.2 Å². The summed E-state index contributed by atoms with van der Waals surface area (Å²) in [6.45, 7) is 2.11. The molecule has 1 saturated carbocycles. The third-order valence-electron chi connectivity index (χ3n) is 5.94. The molecule has 2 aromatic heterocycles. The van der Waals surface area contributed by atoms with Crippen LogP contribution in [0.4, 0.5) is 22.0 Å². The number of ether oxygens (including phenoxy) is 1. The summed E-state index contributed by atoms with van der Waals surface area (Å²) < 4.78 is 5.30. The number of pyridine rings is 1. The molecule has 0 spiro atoms. The number of urea groups is 1. The number of esters is 1. The quantitative estimate of drug-likeness (QED) is 0.317. The topological polar surface area (TPSA) is 135 Å². The average molecular weight is 457 g/mol. The van der Waals surface area contributed by atoms with Crippen molar-refractivity contribution in [3.63, 3.8) is 0 Å². The third-order valence-corrected chi connectivity index (χ3v) is 5.94. The predicted molar refractivity (Wildman–Crippen MR) is 130 cm³/mol. The average Bonchev–Trinajstić information content (AvgIpc) is 3.58. The predicted octanol–water partition coefficient (Wildman–Crippen LogP) is 4.45. The van der Waals surface area contributed by atoms with Crippen LogP contribution in [0.1, 0.15) is 25.5 Å². The maximum atomic E-state index is 12.6. The highest BCUT2D eigenvalue weighted by molar-refractivity contribution is 6.02. The molecule has 9 nitrogen and oxygen atoms in total. The van der Waals surface area contributed by atoms with Gasteiger partial charge in [0.25, 0.3) is 0 Å². The van der Waals surface area contributed by atoms with E-state index in [-0.39, 0.29) is 12.0 Å². The number of carbonyl (C=O) groups excluding carboxylic acids is 2. The molecule has 172 valence electrons. The Morgan fingerprint density at radius 3 is 2.38 bits per heavy atom. The van der Waals surface area contributed by atoms with Gasteiger partial charge in [0.1, 0.15) is 11.2 Å². The van der Waals surface area contributed by atoms with Crippen molar-refractivity contribution in [2.75, 3.05) is 23.0 Å². The monoisotopic (exact) mass is 456 g/mol. The van der Waals surface area contributed by atoms with Gasteiger partial charge in [-0.25, -0.2) is 9.78 Å². The molecule has 0 radical (unpaired) electrons. The lowest BCUT2D eigenvalue weighted by atomic mass is 9.95. The second kappa shape index (κ2) is 8.51. The van der Waals surface area contributed by atoms with Gasteiger partial charge in [-0.1, -0.05) is 30.3 Å². The molecule has 4 aromatic rings. The lowest BCUT2D eigenvalue weighted by Crippen LogP contribution is -2.24. The van der Waals surface area contributed by atoms with E-state index in [4.69, 9.17) is 10.5 Å². The summed E-state index contributed by atoms with van der Waals surface area (Å²) in [5.41, 5.74) is 9.50. The van der Waals surface area contributed by atoms with Gasteiger partial charge in [0.05, 0.1) is 17.7 Å². The molecule has 0 saturated heterocycles. The van der Waals surface area contributed by atoms with Crippen molar-refractivity contribution in [2.24, 2.45) is 0 Å². The SMILES string of the molecule is CCOC(=O)C1(c2cc(-c3ccc(NC(=O)Nc4ccccc4)cc3)c3c(N)[nH]nc3n2)CC1. The minimum atomic E-state index is -0.732. The largest absolute Gasteiger partial charge is 0.465 e. The molecule has 5 N–H and O–H groups in total. The number of anilines is 3. The number of para-hydroxylation sites is 1. The number of amides is 2. The number of nitrogens with one attached hydrogen (secondary N) is 3. The van der Waals surface area contributed by atoms with Gasteiger partial charge >= 0.3 is 12.0 Å². The number of hydrogen-bond acceptors (Lipinski definition) is 6. The third kappa shape index (κ3) is 3.92. The fourth-order valence-electron chi connectivity index (χ4n) is 4.03. The molecule has 2 amide bonds. The van der Waals surface area contributed by atoms with Crippen LogP contribution >= 0.6 is 0 Å². The smallest absolute Gasteiger partial charge is 0.323 e. The Balaban J connectivity index is 1.44. The van der Waals surface area contributed by atoms with Crippen LogP contribution in [-0.4, -0.2) is 33.8 Å². The highest BCUT2D eigenvalue weighted by atomic mass is 16.5. The van der Waals surface area contributed by atoms with Crippen molar-refractivity contribution < 1.29 is 14.3 Å². The molecule has 2 aromatic carbocycles. The van der Waals surface area contributed by atoms with Crippen LogP contribution in [0.25, 0.3) is 22.2 Å². The zero-order valence-electron chi connectivity index (χ0n) is 18.6. The number of rotatable bonds is 6. The Kier molecular flexibility index (Phi) is 5.37. The first-order valence-electron chi connectivity index (χ1n) is 11.1. The van der Waals surface area contributed by atoms with Crippen molar-refractivity contribution in [3.05, 3.63) is 66.4 Å². The van der Waals surface area contributed by atoms with E-state index in [1.165, 1.54) is 0 Å². The number of nitrogens with two attached hydrogens (primary N) is 1. The van der Waals surface area contributed by atoms with Crippen LogP contribution in [-0.2, 0) is 14.9 Å². The maximum Gasteiger partial charge on any atom is 0.323 e. The van der Waals surface area contributed by atoms with E-state index in [1.54, 1.807) is 19.1 Å². The number of benzene rings is 2. The second-order valence-corrected chi connectivity index (χ2v) is 8.22. The fraction of sp³-hybridized carbons (Fsp3) is 0.200. The first kappa shape index (κ1) is 21.4. The van der Waals surface area contributed by atoms with Gasteiger partial charge < -0.3 is 21.1 Å². The second-order valence-electron chi connectivity index (χ2n) is 8.22. The molecule has 34 heavy (non-hydrogen) atoms. The Morgan fingerprint density at radius 2 is 1.74 bits per heavy atom. The zero-order chi connectivity index (χ0) is 23.7. The van der Waals surface area contributed by atoms with E-state index >= 15 is 0 Å². The number of H-pyrrole nitrogens is 1. The van der Waals surface area contributed by atoms with Crippen LogP contribution < -0.4 is 16.4 Å². The van der Waals surface area contributed by atoms with Crippen LogP contribution in [0, 0.1) is 0 Å². The highest BCUT2D eigenvalue weighted by Crippen LogP contribution is 2.50. The Labute approximate surface area is 195 Å². The summed E-state index contributed by atoms with van der Waals surface area (Å²) in [5, 5.41) is 13.3. The Morgan fingerprint density at radius 1 is 1.06 bits per heavy atom. The minimum Gasteiger partial charge on any atom is -0.465 e. The van der Waals surface area contributed by atoms with E-state index in [1.807, 2.05) is 48.5 Å². The maximum absolute atomic E-state index is 12.6. The number of fused-ring (bicyclic) bond motifs is 1. The summed E-state index contributed by atoms with van der Waals surface area (Å²) >= 11 is 0. The van der Waals surface area contributed by atoms with Gasteiger partial charge in [0.2, 0.25) is 0 Å². The zero-order valence-corrected chi connectivity index (χ0v) is 18.6. The lowest BCUT2D eigenvalue weighted by molar-refractivity contribution is -0.146. The van der Waals surface area contributed by atoms with E-state index < -0.39 is 5.41 Å². The number of hydrogen-bond donors (Lipinski definition) is 4. The number of nitrogens with zero attached hydrogens (tertiary/aromatic N) is 2. The van der Waals surface area contributed by atoms with Gasteiger partial charge in [-0.3, -0.25) is 9.89 Å². The number of nitrogen functional groups attached to an aromatic ring is 1. The molecule has 1 aliphatic carbocycles. The number of aromatic amines is 1. The Bertz CT molecular complexity index is 1360. The molecule has 0 atom stereocenters. The molecule has 1 aliphatic rings. The summed E-state index contributed by atoms with van der Waals surface area (Å²) in [6, 6.07) is 18.1. The van der Waals surface area contributed by atoms with Crippen LogP contribution in [0.3, 0.4) is 0 Å². The molecule has 0 bridgehead atoms. The van der Waals surface area contributed by atoms with Gasteiger partial charge in [-0.2, -0.15) is 5.10 Å². The van der Waals surface area contributed by atoms with Gasteiger partial charge in [-0.15, -0.1) is 0 Å². The van der Waals surface area contributed by atoms with Crippen LogP contribution in [0.15, 0.2) is 60.7 Å². The Hall–Kier alpha value is -4.40. The van der Waals surface area contributed by atoms with Crippen LogP contribution in [0.2, 0.25) is 0 Å². The molecule has 2 heterocycles. The van der Waals surface area contributed by atoms with Crippen molar-refractivity contribution in [1.82, 2.24) is 15.2 Å². The molecular formula is C25H24N6O3. The van der Waals surface area contributed by atoms with E-state index in [0.29, 0.717) is 53.4 Å². The summed E-state index contributed by atoms with van der Waals surface area (Å²) in [6.07, 6.45) is 1.37. The molecule has 5 rings (SSSR count). The highest BCUT2D eigenvalue weighted by Gasteiger charge is 2.54. The van der Waals surface area contributed by atoms with Crippen molar-refractivity contribution in [1.29, 1.82) is 0 Å². The lowest BCUT2D eigenvalue weighted by Gasteiger charge is -2.15. The first-order valence-corrected chi connectivity index (χ1v) is 11.1.